The Bertz CT molecular complexity index is 431. The van der Waals surface area contributed by atoms with Crippen LogP contribution in [0.15, 0.2) is 0 Å². The van der Waals surface area contributed by atoms with E-state index >= 15 is 0 Å². The number of thiazole rings is 1. The molecule has 0 saturated carbocycles. The largest absolute Gasteiger partial charge is 0.382 e. The predicted molar refractivity (Wildman–Crippen MR) is 82.3 cm³/mol. The Balaban J connectivity index is 2.01. The fraction of sp³-hybridized carbons (Fsp3) is 0.636. The lowest BCUT2D eigenvalue weighted by Crippen LogP contribution is -2.43. The molecule has 4 N–H and O–H groups in total. The van der Waals surface area contributed by atoms with Crippen LogP contribution in [0.3, 0.4) is 0 Å². The molecule has 2 rings (SSSR count). The summed E-state index contributed by atoms with van der Waals surface area (Å²) < 4.78 is 0. The summed E-state index contributed by atoms with van der Waals surface area (Å²) in [7, 11) is 0. The number of hydrogen-bond acceptors (Lipinski definition) is 7. The molecule has 1 aliphatic heterocycles. The summed E-state index contributed by atoms with van der Waals surface area (Å²) in [5.74, 6) is 1.11. The number of thioether (sulfide) groups is 1. The van der Waals surface area contributed by atoms with Crippen molar-refractivity contribution in [1.29, 1.82) is 0 Å². The first-order chi connectivity index (χ1) is 9.22. The van der Waals surface area contributed by atoms with Gasteiger partial charge in [0.05, 0.1) is 0 Å². The molecule has 6 nitrogen and oxygen atoms in total. The van der Waals surface area contributed by atoms with Crippen molar-refractivity contribution in [1.82, 2.24) is 15.6 Å². The third-order valence-corrected chi connectivity index (χ3v) is 4.57. The molecule has 0 spiro atoms. The third-order valence-electron chi connectivity index (χ3n) is 2.83. The maximum atomic E-state index is 12.0. The van der Waals surface area contributed by atoms with Crippen molar-refractivity contribution in [3.8, 4) is 0 Å². The minimum absolute atomic E-state index is 0.120. The summed E-state index contributed by atoms with van der Waals surface area (Å²) in [6.07, 6.45) is 2.01. The van der Waals surface area contributed by atoms with Crippen LogP contribution in [0.4, 0.5) is 10.9 Å². The van der Waals surface area contributed by atoms with E-state index in [2.05, 4.69) is 20.5 Å². The lowest BCUT2D eigenvalue weighted by atomic mass is 10.4. The van der Waals surface area contributed by atoms with Gasteiger partial charge in [-0.2, -0.15) is 11.8 Å². The molecule has 0 aliphatic carbocycles. The Kier molecular flexibility index (Phi) is 5.29. The van der Waals surface area contributed by atoms with Crippen molar-refractivity contribution in [3.63, 3.8) is 0 Å². The number of aromatic nitrogens is 1. The molecule has 2 heterocycles. The molecule has 1 saturated heterocycles. The number of nitrogen functional groups attached to an aromatic ring is 1. The van der Waals surface area contributed by atoms with Crippen molar-refractivity contribution in [2.24, 2.45) is 0 Å². The Morgan fingerprint density at radius 1 is 1.58 bits per heavy atom. The van der Waals surface area contributed by atoms with Gasteiger partial charge < -0.3 is 21.3 Å². The topological polar surface area (TPSA) is 83.3 Å². The molecule has 0 aromatic carbocycles. The number of carbonyl (C=O) groups excluding carboxylic acids is 1. The second-order valence-corrected chi connectivity index (χ2v) is 6.16. The van der Waals surface area contributed by atoms with E-state index in [4.69, 9.17) is 5.73 Å². The Labute approximate surface area is 121 Å². The monoisotopic (exact) mass is 301 g/mol. The first-order valence-corrected chi connectivity index (χ1v) is 8.42. The van der Waals surface area contributed by atoms with Gasteiger partial charge in [-0.15, -0.1) is 0 Å². The average molecular weight is 301 g/mol. The van der Waals surface area contributed by atoms with Gasteiger partial charge >= 0.3 is 0 Å². The molecule has 0 atom stereocenters. The molecule has 0 bridgehead atoms. The molecule has 1 aliphatic rings. The van der Waals surface area contributed by atoms with Crippen LogP contribution in [0.25, 0.3) is 0 Å². The highest BCUT2D eigenvalue weighted by atomic mass is 32.2. The number of nitrogens with one attached hydrogen (secondary N) is 2. The first-order valence-electron chi connectivity index (χ1n) is 6.21. The summed E-state index contributed by atoms with van der Waals surface area (Å²) in [5, 5.41) is 6.98. The number of hydrogen-bond donors (Lipinski definition) is 3. The highest BCUT2D eigenvalue weighted by Gasteiger charge is 2.20. The number of rotatable bonds is 5. The zero-order valence-corrected chi connectivity index (χ0v) is 12.6. The van der Waals surface area contributed by atoms with Crippen molar-refractivity contribution < 1.29 is 4.79 Å². The van der Waals surface area contributed by atoms with Crippen LogP contribution in [0.1, 0.15) is 9.67 Å². The Hall–Kier alpha value is -0.990. The van der Waals surface area contributed by atoms with E-state index in [0.717, 1.165) is 37.1 Å². The van der Waals surface area contributed by atoms with Crippen molar-refractivity contribution >= 4 is 40.0 Å². The van der Waals surface area contributed by atoms with E-state index in [1.807, 2.05) is 6.26 Å². The predicted octanol–water partition coefficient (Wildman–Crippen LogP) is 0.228. The van der Waals surface area contributed by atoms with E-state index < -0.39 is 0 Å². The average Bonchev–Trinajstić information content (AvgIpc) is 2.82. The molecule has 0 radical (unpaired) electrons. The quantitative estimate of drug-likeness (QED) is 0.675. The summed E-state index contributed by atoms with van der Waals surface area (Å²) >= 11 is 3.07. The van der Waals surface area contributed by atoms with Crippen LogP contribution in [0.5, 0.6) is 0 Å². The molecule has 1 aromatic heterocycles. The van der Waals surface area contributed by atoms with Crippen LogP contribution < -0.4 is 21.3 Å². The van der Waals surface area contributed by atoms with Gasteiger partial charge in [-0.25, -0.2) is 4.98 Å². The van der Waals surface area contributed by atoms with Gasteiger partial charge in [-0.05, 0) is 6.26 Å². The summed E-state index contributed by atoms with van der Waals surface area (Å²) in [5.41, 5.74) is 5.84. The normalized spacial score (nSPS) is 15.5. The van der Waals surface area contributed by atoms with Crippen molar-refractivity contribution in [3.05, 3.63) is 4.88 Å². The fourth-order valence-corrected chi connectivity index (χ4v) is 3.08. The number of amides is 1. The first kappa shape index (κ1) is 14.4. The van der Waals surface area contributed by atoms with E-state index in [9.17, 15) is 4.79 Å². The molecule has 1 amide bonds. The molecule has 1 aromatic rings. The second-order valence-electron chi connectivity index (χ2n) is 4.20. The molecule has 0 unspecified atom stereocenters. The number of piperazine rings is 1. The summed E-state index contributed by atoms with van der Waals surface area (Å²) in [6, 6.07) is 0. The van der Waals surface area contributed by atoms with Crippen LogP contribution in [-0.4, -0.2) is 55.6 Å². The fourth-order valence-electron chi connectivity index (χ4n) is 1.82. The zero-order valence-electron chi connectivity index (χ0n) is 10.9. The number of nitrogens with zero attached hydrogens (tertiary/aromatic N) is 2. The standard InChI is InChI=1S/C11H19N5OS2/c1-18-7-4-14-10(17)8-9(12)15-11(19-8)16-5-2-13-3-6-16/h13H,2-7,12H2,1H3,(H,14,17). The van der Waals surface area contributed by atoms with E-state index in [1.54, 1.807) is 11.8 Å². The number of carbonyl (C=O) groups is 1. The maximum absolute atomic E-state index is 12.0. The van der Waals surface area contributed by atoms with Crippen molar-refractivity contribution in [2.45, 2.75) is 0 Å². The van der Waals surface area contributed by atoms with Crippen LogP contribution >= 0.6 is 23.1 Å². The molecular formula is C11H19N5OS2. The summed E-state index contributed by atoms with van der Waals surface area (Å²) in [4.78, 5) is 19.0. The highest BCUT2D eigenvalue weighted by Crippen LogP contribution is 2.28. The van der Waals surface area contributed by atoms with Gasteiger partial charge in [0.1, 0.15) is 10.7 Å². The number of anilines is 2. The highest BCUT2D eigenvalue weighted by molar-refractivity contribution is 7.98. The third kappa shape index (κ3) is 3.74. The lowest BCUT2D eigenvalue weighted by molar-refractivity contribution is 0.0961. The SMILES string of the molecule is CSCCNC(=O)c1sc(N2CCNCC2)nc1N. The van der Waals surface area contributed by atoms with Crippen molar-refractivity contribution in [2.75, 3.05) is 55.4 Å². The Morgan fingerprint density at radius 2 is 2.32 bits per heavy atom. The van der Waals surface area contributed by atoms with Gasteiger partial charge in [-0.3, -0.25) is 4.79 Å². The van der Waals surface area contributed by atoms with Gasteiger partial charge in [0.2, 0.25) is 0 Å². The van der Waals surface area contributed by atoms with Gasteiger partial charge in [0.15, 0.2) is 5.13 Å². The van der Waals surface area contributed by atoms with E-state index in [1.165, 1.54) is 11.3 Å². The second kappa shape index (κ2) is 6.97. The van der Waals surface area contributed by atoms with Gasteiger partial charge in [0, 0.05) is 38.5 Å². The Morgan fingerprint density at radius 3 is 3.00 bits per heavy atom. The van der Waals surface area contributed by atoms with E-state index in [-0.39, 0.29) is 5.91 Å². The molecule has 1 fully saturated rings. The molecule has 19 heavy (non-hydrogen) atoms. The summed E-state index contributed by atoms with van der Waals surface area (Å²) in [6.45, 7) is 4.34. The molecule has 106 valence electrons. The smallest absolute Gasteiger partial charge is 0.265 e. The van der Waals surface area contributed by atoms with E-state index in [0.29, 0.717) is 17.2 Å². The maximum Gasteiger partial charge on any atom is 0.265 e. The zero-order chi connectivity index (χ0) is 13.7. The minimum atomic E-state index is -0.120. The van der Waals surface area contributed by atoms with Gasteiger partial charge in [0.25, 0.3) is 5.91 Å². The van der Waals surface area contributed by atoms with Gasteiger partial charge in [-0.1, -0.05) is 11.3 Å². The molecular weight excluding hydrogens is 282 g/mol. The molecule has 8 heteroatoms. The lowest BCUT2D eigenvalue weighted by Gasteiger charge is -2.26. The van der Waals surface area contributed by atoms with Crippen LogP contribution in [-0.2, 0) is 0 Å². The van der Waals surface area contributed by atoms with Crippen LogP contribution in [0, 0.1) is 0 Å². The minimum Gasteiger partial charge on any atom is -0.382 e. The number of nitrogens with two attached hydrogens (primary N) is 1. The van der Waals surface area contributed by atoms with Crippen LogP contribution in [0.2, 0.25) is 0 Å².